The molecule has 0 bridgehead atoms. The molecular formula is C25H38N6. The van der Waals surface area contributed by atoms with E-state index in [1.807, 2.05) is 6.20 Å². The van der Waals surface area contributed by atoms with Gasteiger partial charge in [-0.05, 0) is 69.5 Å². The molecule has 2 N–H and O–H groups in total. The van der Waals surface area contributed by atoms with Gasteiger partial charge in [0.1, 0.15) is 0 Å². The maximum absolute atomic E-state index is 4.98. The summed E-state index contributed by atoms with van der Waals surface area (Å²) in [4.78, 5) is 10.2. The van der Waals surface area contributed by atoms with E-state index in [0.717, 1.165) is 57.4 Å². The Labute approximate surface area is 187 Å². The lowest BCUT2D eigenvalue weighted by molar-refractivity contribution is 0.0372. The number of H-pyrrole nitrogens is 1. The number of hydrogen-bond acceptors (Lipinski definition) is 3. The minimum absolute atomic E-state index is 0.706. The summed E-state index contributed by atoms with van der Waals surface area (Å²) < 4.78 is 0. The van der Waals surface area contributed by atoms with Gasteiger partial charge in [-0.25, -0.2) is 0 Å². The molecule has 2 saturated heterocycles. The van der Waals surface area contributed by atoms with Gasteiger partial charge in [-0.15, -0.1) is 0 Å². The van der Waals surface area contributed by atoms with Gasteiger partial charge >= 0.3 is 0 Å². The third-order valence-electron chi connectivity index (χ3n) is 6.85. The Balaban J connectivity index is 1.33. The largest absolute Gasteiger partial charge is 0.357 e. The molecule has 3 heterocycles. The first-order chi connectivity index (χ1) is 15.2. The highest BCUT2D eigenvalue weighted by molar-refractivity contribution is 5.80. The lowest BCUT2D eigenvalue weighted by Gasteiger charge is -2.48. The molecule has 2 fully saturated rings. The lowest BCUT2D eigenvalue weighted by atomic mass is 9.83. The molecule has 2 unspecified atom stereocenters. The topological polar surface area (TPSA) is 59.6 Å². The van der Waals surface area contributed by atoms with Crippen molar-refractivity contribution in [2.24, 2.45) is 10.9 Å². The molecule has 4 rings (SSSR count). The molecular weight excluding hydrogens is 384 g/mol. The van der Waals surface area contributed by atoms with Gasteiger partial charge in [0, 0.05) is 44.5 Å². The summed E-state index contributed by atoms with van der Waals surface area (Å²) in [6.45, 7) is 10.6. The summed E-state index contributed by atoms with van der Waals surface area (Å²) in [6, 6.07) is 11.7. The normalized spacial score (nSPS) is 22.4. The highest BCUT2D eigenvalue weighted by Crippen LogP contribution is 2.31. The minimum atomic E-state index is 0.706. The number of rotatable bonds is 7. The molecule has 0 saturated carbocycles. The van der Waals surface area contributed by atoms with Crippen LogP contribution in [0, 0.1) is 12.8 Å². The van der Waals surface area contributed by atoms with Crippen molar-refractivity contribution in [1.29, 1.82) is 0 Å². The molecule has 0 aliphatic carbocycles. The van der Waals surface area contributed by atoms with Crippen LogP contribution in [-0.2, 0) is 13.0 Å². The first kappa shape index (κ1) is 21.9. The monoisotopic (exact) mass is 422 g/mol. The smallest absolute Gasteiger partial charge is 0.193 e. The first-order valence-electron chi connectivity index (χ1n) is 12.0. The molecule has 2 atom stereocenters. The zero-order valence-electron chi connectivity index (χ0n) is 19.2. The number of aromatic nitrogens is 2. The van der Waals surface area contributed by atoms with Gasteiger partial charge in [-0.1, -0.05) is 30.3 Å². The second-order valence-corrected chi connectivity index (χ2v) is 9.02. The van der Waals surface area contributed by atoms with Crippen molar-refractivity contribution in [3.63, 3.8) is 0 Å². The molecule has 1 aromatic carbocycles. The third-order valence-corrected chi connectivity index (χ3v) is 6.85. The number of aromatic amines is 1. The second-order valence-electron chi connectivity index (χ2n) is 9.02. The van der Waals surface area contributed by atoms with E-state index < -0.39 is 0 Å². The second kappa shape index (κ2) is 10.8. The Kier molecular flexibility index (Phi) is 7.62. The molecule has 2 aromatic rings. The van der Waals surface area contributed by atoms with Crippen molar-refractivity contribution in [1.82, 2.24) is 25.3 Å². The lowest BCUT2D eigenvalue weighted by Crippen LogP contribution is -2.56. The van der Waals surface area contributed by atoms with Crippen molar-refractivity contribution >= 4 is 5.96 Å². The molecule has 0 spiro atoms. The van der Waals surface area contributed by atoms with E-state index in [2.05, 4.69) is 69.5 Å². The Morgan fingerprint density at radius 2 is 2.10 bits per heavy atom. The summed E-state index contributed by atoms with van der Waals surface area (Å²) >= 11 is 0. The summed E-state index contributed by atoms with van der Waals surface area (Å²) in [7, 11) is 0. The number of likely N-dealkylation sites (tertiary alicyclic amines) is 2. The van der Waals surface area contributed by atoms with Crippen LogP contribution < -0.4 is 5.32 Å². The van der Waals surface area contributed by atoms with E-state index in [0.29, 0.717) is 6.04 Å². The maximum Gasteiger partial charge on any atom is 0.193 e. The van der Waals surface area contributed by atoms with Crippen LogP contribution in [0.2, 0.25) is 0 Å². The molecule has 6 nitrogen and oxygen atoms in total. The van der Waals surface area contributed by atoms with Crippen LogP contribution in [0.15, 0.2) is 41.5 Å². The first-order valence-corrected chi connectivity index (χ1v) is 12.0. The predicted molar refractivity (Wildman–Crippen MR) is 127 cm³/mol. The highest BCUT2D eigenvalue weighted by Gasteiger charge is 2.36. The van der Waals surface area contributed by atoms with Gasteiger partial charge in [-0.3, -0.25) is 15.0 Å². The zero-order valence-corrected chi connectivity index (χ0v) is 19.2. The number of nitrogens with one attached hydrogen (secondary N) is 2. The Morgan fingerprint density at radius 3 is 2.87 bits per heavy atom. The van der Waals surface area contributed by atoms with Crippen molar-refractivity contribution in [3.05, 3.63) is 53.3 Å². The molecule has 6 heteroatoms. The number of piperidine rings is 2. The van der Waals surface area contributed by atoms with Crippen LogP contribution >= 0.6 is 0 Å². The molecule has 0 amide bonds. The van der Waals surface area contributed by atoms with Crippen molar-refractivity contribution in [2.75, 3.05) is 32.7 Å². The van der Waals surface area contributed by atoms with Gasteiger partial charge in [0.05, 0.1) is 6.20 Å². The number of aryl methyl sites for hydroxylation is 2. The standard InChI is InChI=1S/C25H38N6/c1-3-26-25(27-14-7-11-22-17-28-29-20(22)2)31-16-13-24-23(19-31)12-8-15-30(24)18-21-9-5-4-6-10-21/h4-6,9-10,17,23-24H,3,7-8,11-16,18-19H2,1-2H3,(H,26,27)(H,28,29). The van der Waals surface area contributed by atoms with E-state index in [-0.39, 0.29) is 0 Å². The summed E-state index contributed by atoms with van der Waals surface area (Å²) in [5.41, 5.74) is 3.92. The van der Waals surface area contributed by atoms with Crippen molar-refractivity contribution in [3.8, 4) is 0 Å². The Morgan fingerprint density at radius 1 is 1.23 bits per heavy atom. The van der Waals surface area contributed by atoms with Crippen molar-refractivity contribution < 1.29 is 0 Å². The van der Waals surface area contributed by atoms with Crippen LogP contribution in [0.25, 0.3) is 0 Å². The van der Waals surface area contributed by atoms with E-state index in [9.17, 15) is 0 Å². The van der Waals surface area contributed by atoms with Crippen LogP contribution in [0.5, 0.6) is 0 Å². The molecule has 1 aromatic heterocycles. The zero-order chi connectivity index (χ0) is 21.5. The average molecular weight is 423 g/mol. The van der Waals surface area contributed by atoms with E-state index in [1.165, 1.54) is 42.6 Å². The van der Waals surface area contributed by atoms with E-state index in [4.69, 9.17) is 4.99 Å². The number of nitrogens with zero attached hydrogens (tertiary/aromatic N) is 4. The Bertz CT molecular complexity index is 830. The van der Waals surface area contributed by atoms with Crippen LogP contribution in [0.4, 0.5) is 0 Å². The molecule has 31 heavy (non-hydrogen) atoms. The predicted octanol–water partition coefficient (Wildman–Crippen LogP) is 3.60. The summed E-state index contributed by atoms with van der Waals surface area (Å²) in [5.74, 6) is 1.84. The fourth-order valence-electron chi connectivity index (χ4n) is 5.22. The van der Waals surface area contributed by atoms with Gasteiger partial charge in [0.15, 0.2) is 5.96 Å². The van der Waals surface area contributed by atoms with Crippen molar-refractivity contribution in [2.45, 2.75) is 58.5 Å². The van der Waals surface area contributed by atoms with Gasteiger partial charge in [-0.2, -0.15) is 5.10 Å². The van der Waals surface area contributed by atoms with Gasteiger partial charge in [0.2, 0.25) is 0 Å². The fraction of sp³-hybridized carbons (Fsp3) is 0.600. The number of guanidine groups is 1. The Hall–Kier alpha value is -2.34. The number of aliphatic imine (C=N–C) groups is 1. The molecule has 2 aliphatic rings. The SMILES string of the molecule is CCNC(=NCCCc1cn[nH]c1C)N1CCC2C(CCCN2Cc2ccccc2)C1. The van der Waals surface area contributed by atoms with Crippen LogP contribution in [0.3, 0.4) is 0 Å². The van der Waals surface area contributed by atoms with Crippen LogP contribution in [0.1, 0.15) is 49.4 Å². The maximum atomic E-state index is 4.98. The number of benzene rings is 1. The molecule has 0 radical (unpaired) electrons. The number of fused-ring (bicyclic) bond motifs is 1. The fourth-order valence-corrected chi connectivity index (χ4v) is 5.22. The quantitative estimate of drug-likeness (QED) is 0.407. The number of hydrogen-bond donors (Lipinski definition) is 2. The minimum Gasteiger partial charge on any atom is -0.357 e. The van der Waals surface area contributed by atoms with Gasteiger partial charge in [0.25, 0.3) is 0 Å². The van der Waals surface area contributed by atoms with Crippen LogP contribution in [-0.4, -0.2) is 64.7 Å². The summed E-state index contributed by atoms with van der Waals surface area (Å²) in [5, 5.41) is 10.7. The van der Waals surface area contributed by atoms with E-state index in [1.54, 1.807) is 0 Å². The van der Waals surface area contributed by atoms with Gasteiger partial charge < -0.3 is 10.2 Å². The molecule has 168 valence electrons. The third kappa shape index (κ3) is 5.67. The average Bonchev–Trinajstić information content (AvgIpc) is 3.21. The highest BCUT2D eigenvalue weighted by atomic mass is 15.3. The molecule has 2 aliphatic heterocycles. The summed E-state index contributed by atoms with van der Waals surface area (Å²) in [6.07, 6.45) is 7.91. The van der Waals surface area contributed by atoms with E-state index >= 15 is 0 Å².